The summed E-state index contributed by atoms with van der Waals surface area (Å²) in [6.45, 7) is 3.77. The molecule has 0 spiro atoms. The molecule has 112 valence electrons. The Morgan fingerprint density at radius 3 is 2.37 bits per heavy atom. The van der Waals surface area contributed by atoms with E-state index >= 15 is 0 Å². The number of carbonyl (C=O) groups excluding carboxylic acids is 1. The van der Waals surface area contributed by atoms with Crippen molar-refractivity contribution in [3.63, 3.8) is 0 Å². The maximum Gasteiger partial charge on any atom is 0.359 e. The third-order valence-electron chi connectivity index (χ3n) is 3.08. The molecule has 0 aliphatic carbocycles. The van der Waals surface area contributed by atoms with Crippen LogP contribution in [0.25, 0.3) is 0 Å². The Kier molecular flexibility index (Phi) is 9.21. The van der Waals surface area contributed by atoms with E-state index in [2.05, 4.69) is 12.2 Å². The van der Waals surface area contributed by atoms with Crippen molar-refractivity contribution >= 4 is 11.9 Å². The van der Waals surface area contributed by atoms with Gasteiger partial charge in [-0.1, -0.05) is 19.8 Å². The molecule has 0 saturated heterocycles. The van der Waals surface area contributed by atoms with Crippen LogP contribution >= 0.6 is 0 Å². The van der Waals surface area contributed by atoms with Gasteiger partial charge in [0.25, 0.3) is 0 Å². The molecule has 0 aromatic carbocycles. The van der Waals surface area contributed by atoms with Gasteiger partial charge in [-0.15, -0.1) is 0 Å². The van der Waals surface area contributed by atoms with Gasteiger partial charge in [-0.2, -0.15) is 0 Å². The largest absolute Gasteiger partial charge is 0.477 e. The highest BCUT2D eigenvalue weighted by Crippen LogP contribution is 2.02. The molecule has 1 amide bonds. The molecule has 0 bridgehead atoms. The number of rotatable bonds is 11. The second-order valence-electron chi connectivity index (χ2n) is 5.73. The molecule has 0 radical (unpaired) electrons. The molecule has 0 aromatic rings. The van der Waals surface area contributed by atoms with Crippen molar-refractivity contribution in [2.45, 2.75) is 45.4 Å². The highest BCUT2D eigenvalue weighted by atomic mass is 16.4. The number of amides is 1. The van der Waals surface area contributed by atoms with E-state index in [1.807, 2.05) is 14.1 Å². The van der Waals surface area contributed by atoms with Crippen LogP contribution in [0.3, 0.4) is 0 Å². The fourth-order valence-corrected chi connectivity index (χ4v) is 1.96. The monoisotopic (exact) mass is 273 g/mol. The quantitative estimate of drug-likeness (QED) is 0.444. The molecule has 5 nitrogen and oxygen atoms in total. The number of likely N-dealkylation sites (N-methyl/N-ethyl adjacent to an activating group) is 1. The zero-order chi connectivity index (χ0) is 14.7. The fraction of sp³-hybridized carbons (Fsp3) is 0.857. The van der Waals surface area contributed by atoms with Crippen molar-refractivity contribution in [3.05, 3.63) is 0 Å². The van der Waals surface area contributed by atoms with Gasteiger partial charge in [0.1, 0.15) is 0 Å². The first-order valence-electron chi connectivity index (χ1n) is 7.18. The van der Waals surface area contributed by atoms with E-state index < -0.39 is 5.97 Å². The SMILES string of the molecule is CCCCCC(=O)NCCCC[N+](C)(C)CC(=O)O. The van der Waals surface area contributed by atoms with E-state index in [1.165, 1.54) is 0 Å². The predicted octanol–water partition coefficient (Wildman–Crippen LogP) is 1.62. The minimum Gasteiger partial charge on any atom is -0.477 e. The normalized spacial score (nSPS) is 11.3. The Hall–Kier alpha value is -1.10. The smallest absolute Gasteiger partial charge is 0.359 e. The number of aliphatic carboxylic acids is 1. The van der Waals surface area contributed by atoms with E-state index in [4.69, 9.17) is 5.11 Å². The Balaban J connectivity index is 3.54. The van der Waals surface area contributed by atoms with Gasteiger partial charge in [0.15, 0.2) is 6.54 Å². The summed E-state index contributed by atoms with van der Waals surface area (Å²) in [7, 11) is 3.83. The van der Waals surface area contributed by atoms with E-state index in [0.717, 1.165) is 38.6 Å². The van der Waals surface area contributed by atoms with Crippen LogP contribution in [0, 0.1) is 0 Å². The second kappa shape index (κ2) is 9.78. The van der Waals surface area contributed by atoms with Gasteiger partial charge in [-0.05, 0) is 19.3 Å². The van der Waals surface area contributed by atoms with Crippen LogP contribution in [0.5, 0.6) is 0 Å². The van der Waals surface area contributed by atoms with Crippen molar-refractivity contribution < 1.29 is 19.2 Å². The van der Waals surface area contributed by atoms with Crippen molar-refractivity contribution in [2.24, 2.45) is 0 Å². The molecular formula is C14H29N2O3+. The number of carboxylic acid groups (broad SMARTS) is 1. The van der Waals surface area contributed by atoms with Gasteiger partial charge in [0, 0.05) is 13.0 Å². The lowest BCUT2D eigenvalue weighted by Crippen LogP contribution is -2.44. The number of hydrogen-bond acceptors (Lipinski definition) is 2. The molecule has 0 fully saturated rings. The first-order valence-corrected chi connectivity index (χ1v) is 7.18. The lowest BCUT2D eigenvalue weighted by Gasteiger charge is -2.27. The second-order valence-corrected chi connectivity index (χ2v) is 5.73. The van der Waals surface area contributed by atoms with Gasteiger partial charge < -0.3 is 14.9 Å². The number of quaternary nitrogens is 1. The molecular weight excluding hydrogens is 244 g/mol. The fourth-order valence-electron chi connectivity index (χ4n) is 1.96. The van der Waals surface area contributed by atoms with Crippen LogP contribution in [0.4, 0.5) is 0 Å². The predicted molar refractivity (Wildman–Crippen MR) is 75.9 cm³/mol. The number of carbonyl (C=O) groups is 2. The molecule has 0 saturated carbocycles. The van der Waals surface area contributed by atoms with Gasteiger partial charge in [-0.25, -0.2) is 4.79 Å². The summed E-state index contributed by atoms with van der Waals surface area (Å²) in [5.74, 6) is -0.637. The molecule has 0 heterocycles. The third-order valence-corrected chi connectivity index (χ3v) is 3.08. The zero-order valence-corrected chi connectivity index (χ0v) is 12.6. The van der Waals surface area contributed by atoms with E-state index in [9.17, 15) is 9.59 Å². The summed E-state index contributed by atoms with van der Waals surface area (Å²) in [4.78, 5) is 22.1. The van der Waals surface area contributed by atoms with Crippen LogP contribution in [-0.2, 0) is 9.59 Å². The van der Waals surface area contributed by atoms with Crippen LogP contribution < -0.4 is 5.32 Å². The third kappa shape index (κ3) is 11.7. The molecule has 5 heteroatoms. The van der Waals surface area contributed by atoms with Gasteiger partial charge >= 0.3 is 5.97 Å². The summed E-state index contributed by atoms with van der Waals surface area (Å²) < 4.78 is 0.486. The lowest BCUT2D eigenvalue weighted by molar-refractivity contribution is -0.883. The summed E-state index contributed by atoms with van der Waals surface area (Å²) >= 11 is 0. The summed E-state index contributed by atoms with van der Waals surface area (Å²) in [6.07, 6.45) is 5.65. The molecule has 19 heavy (non-hydrogen) atoms. The molecule has 0 rings (SSSR count). The number of nitrogens with zero attached hydrogens (tertiary/aromatic N) is 1. The number of carboxylic acids is 1. The first-order chi connectivity index (χ1) is 8.87. The number of nitrogens with one attached hydrogen (secondary N) is 1. The average Bonchev–Trinajstić information content (AvgIpc) is 2.27. The Bertz CT molecular complexity index is 278. The molecule has 0 atom stereocenters. The van der Waals surface area contributed by atoms with E-state index in [1.54, 1.807) is 0 Å². The van der Waals surface area contributed by atoms with Crippen molar-refractivity contribution in [3.8, 4) is 0 Å². The van der Waals surface area contributed by atoms with Gasteiger partial charge in [0.2, 0.25) is 5.91 Å². The summed E-state index contributed by atoms with van der Waals surface area (Å²) in [6, 6.07) is 0. The summed E-state index contributed by atoms with van der Waals surface area (Å²) in [5, 5.41) is 11.7. The molecule has 2 N–H and O–H groups in total. The molecule has 0 unspecified atom stereocenters. The highest BCUT2D eigenvalue weighted by molar-refractivity contribution is 5.75. The van der Waals surface area contributed by atoms with E-state index in [-0.39, 0.29) is 12.5 Å². The van der Waals surface area contributed by atoms with Gasteiger partial charge in [0.05, 0.1) is 20.6 Å². The number of unbranched alkanes of at least 4 members (excludes halogenated alkanes) is 3. The van der Waals surface area contributed by atoms with Crippen LogP contribution in [0.15, 0.2) is 0 Å². The minimum atomic E-state index is -0.769. The van der Waals surface area contributed by atoms with Crippen molar-refractivity contribution in [1.82, 2.24) is 5.32 Å². The van der Waals surface area contributed by atoms with Crippen LogP contribution in [0.2, 0.25) is 0 Å². The Morgan fingerprint density at radius 2 is 1.79 bits per heavy atom. The standard InChI is InChI=1S/C14H28N2O3/c1-4-5-6-9-13(17)15-10-7-8-11-16(2,3)12-14(18)19/h4-12H2,1-3H3,(H-,15,17,18,19)/p+1. The number of hydrogen-bond donors (Lipinski definition) is 2. The van der Waals surface area contributed by atoms with E-state index in [0.29, 0.717) is 17.4 Å². The van der Waals surface area contributed by atoms with Crippen LogP contribution in [0.1, 0.15) is 45.4 Å². The zero-order valence-electron chi connectivity index (χ0n) is 12.6. The van der Waals surface area contributed by atoms with Crippen LogP contribution in [-0.4, -0.2) is 55.2 Å². The maximum absolute atomic E-state index is 11.4. The molecule has 0 aliphatic rings. The topological polar surface area (TPSA) is 66.4 Å². The highest BCUT2D eigenvalue weighted by Gasteiger charge is 2.18. The Morgan fingerprint density at radius 1 is 1.11 bits per heavy atom. The Labute approximate surface area is 116 Å². The molecule has 0 aromatic heterocycles. The minimum absolute atomic E-state index is 0.132. The first kappa shape index (κ1) is 17.9. The van der Waals surface area contributed by atoms with Crippen molar-refractivity contribution in [2.75, 3.05) is 33.7 Å². The maximum atomic E-state index is 11.4. The molecule has 0 aliphatic heterocycles. The summed E-state index contributed by atoms with van der Waals surface area (Å²) in [5.41, 5.74) is 0. The van der Waals surface area contributed by atoms with Crippen molar-refractivity contribution in [1.29, 1.82) is 0 Å². The lowest BCUT2D eigenvalue weighted by atomic mass is 10.2. The average molecular weight is 273 g/mol. The van der Waals surface area contributed by atoms with Gasteiger partial charge in [-0.3, -0.25) is 4.79 Å².